The Morgan fingerprint density at radius 2 is 1.79 bits per heavy atom. The largest absolute Gasteiger partial charge is 0.435 e. The fourth-order valence-electron chi connectivity index (χ4n) is 1.88. The second-order valence-corrected chi connectivity index (χ2v) is 8.56. The van der Waals surface area contributed by atoms with Crippen LogP contribution in [0, 0.1) is 0 Å². The number of thiophene rings is 1. The van der Waals surface area contributed by atoms with Crippen LogP contribution in [-0.4, -0.2) is 37.6 Å². The number of hydrogen-bond acceptors (Lipinski definition) is 7. The molecule has 1 heterocycles. The third-order valence-electron chi connectivity index (χ3n) is 3.28. The second-order valence-electron chi connectivity index (χ2n) is 5.96. The van der Waals surface area contributed by atoms with Crippen LogP contribution in [-0.2, 0) is 14.8 Å². The lowest BCUT2D eigenvalue weighted by Gasteiger charge is -2.16. The van der Waals surface area contributed by atoms with Gasteiger partial charge in [-0.25, -0.2) is 13.1 Å². The average molecular weight is 434 g/mol. The van der Waals surface area contributed by atoms with Crippen molar-refractivity contribution in [1.29, 1.82) is 0 Å². The van der Waals surface area contributed by atoms with Gasteiger partial charge in [0.05, 0.1) is 10.5 Å². The Morgan fingerprint density at radius 1 is 1.18 bits per heavy atom. The Balaban J connectivity index is 2.16. The lowest BCUT2D eigenvalue weighted by molar-refractivity contribution is -0.130. The molecule has 2 amide bonds. The highest BCUT2D eigenvalue weighted by Crippen LogP contribution is 2.25. The van der Waals surface area contributed by atoms with Crippen molar-refractivity contribution in [2.75, 3.05) is 5.32 Å². The van der Waals surface area contributed by atoms with Gasteiger partial charge in [0.2, 0.25) is 0 Å². The van der Waals surface area contributed by atoms with Gasteiger partial charge in [-0.1, -0.05) is 0 Å². The number of carbonyl (C=O) groups excluding carboxylic acids is 2. The van der Waals surface area contributed by atoms with Crippen molar-refractivity contribution >= 4 is 38.2 Å². The summed E-state index contributed by atoms with van der Waals surface area (Å²) in [6.07, 6.45) is 0. The van der Waals surface area contributed by atoms with Crippen LogP contribution in [0.4, 0.5) is 13.8 Å². The van der Waals surface area contributed by atoms with E-state index in [2.05, 4.69) is 10.1 Å². The van der Waals surface area contributed by atoms with E-state index in [4.69, 9.17) is 0 Å². The number of anilines is 1. The second kappa shape index (κ2) is 8.20. The molecule has 1 aromatic carbocycles. The first-order valence-corrected chi connectivity index (χ1v) is 10.00. The Kier molecular flexibility index (Phi) is 6.37. The van der Waals surface area contributed by atoms with E-state index in [0.29, 0.717) is 0 Å². The maximum absolute atomic E-state index is 12.3. The Bertz CT molecular complexity index is 966. The zero-order valence-electron chi connectivity index (χ0n) is 14.6. The van der Waals surface area contributed by atoms with Crippen LogP contribution in [0.25, 0.3) is 0 Å². The molecule has 0 aliphatic carbocycles. The molecule has 0 aliphatic heterocycles. The Hall–Kier alpha value is -2.57. The quantitative estimate of drug-likeness (QED) is 0.614. The predicted molar refractivity (Wildman–Crippen MR) is 97.0 cm³/mol. The van der Waals surface area contributed by atoms with Gasteiger partial charge in [0.15, 0.2) is 0 Å². The molecule has 0 atom stereocenters. The molecule has 152 valence electrons. The minimum Gasteiger partial charge on any atom is -0.435 e. The van der Waals surface area contributed by atoms with Gasteiger partial charge in [-0.15, -0.1) is 11.3 Å². The minimum atomic E-state index is -4.30. The van der Waals surface area contributed by atoms with Crippen LogP contribution in [0.2, 0.25) is 0 Å². The smallest absolute Gasteiger partial charge is 0.387 e. The molecule has 28 heavy (non-hydrogen) atoms. The number of alkyl halides is 2. The summed E-state index contributed by atoms with van der Waals surface area (Å²) in [5.41, 5.74) is -1.82. The van der Waals surface area contributed by atoms with Crippen molar-refractivity contribution in [3.63, 3.8) is 0 Å². The number of hydrogen-bond donors (Lipinski definition) is 3. The monoisotopic (exact) mass is 434 g/mol. The number of carbonyl (C=O) groups is 2. The number of halogens is 2. The maximum Gasteiger partial charge on any atom is 0.387 e. The molecular weight excluding hydrogens is 418 g/mol. The van der Waals surface area contributed by atoms with Crippen molar-refractivity contribution in [3.8, 4) is 5.75 Å². The van der Waals surface area contributed by atoms with E-state index in [-0.39, 0.29) is 21.2 Å². The summed E-state index contributed by atoms with van der Waals surface area (Å²) in [5, 5.41) is 13.5. The minimum absolute atomic E-state index is 0.0560. The lowest BCUT2D eigenvalue weighted by atomic mass is 10.1. The highest BCUT2D eigenvalue weighted by atomic mass is 32.2. The van der Waals surface area contributed by atoms with Crippen LogP contribution >= 0.6 is 11.3 Å². The van der Waals surface area contributed by atoms with Gasteiger partial charge in [0, 0.05) is 0 Å². The molecule has 1 aromatic heterocycles. The van der Waals surface area contributed by atoms with E-state index < -0.39 is 34.1 Å². The van der Waals surface area contributed by atoms with Crippen molar-refractivity contribution in [2.24, 2.45) is 0 Å². The van der Waals surface area contributed by atoms with Gasteiger partial charge in [-0.3, -0.25) is 9.59 Å². The first-order chi connectivity index (χ1) is 12.9. The van der Waals surface area contributed by atoms with Crippen molar-refractivity contribution in [1.82, 2.24) is 4.72 Å². The molecule has 3 N–H and O–H groups in total. The first kappa shape index (κ1) is 21.7. The van der Waals surface area contributed by atoms with E-state index in [1.54, 1.807) is 0 Å². The number of sulfonamides is 1. The molecule has 0 spiro atoms. The summed E-state index contributed by atoms with van der Waals surface area (Å²) in [7, 11) is -4.30. The molecule has 2 rings (SSSR count). The summed E-state index contributed by atoms with van der Waals surface area (Å²) in [6, 6.07) is 5.33. The normalized spacial score (nSPS) is 11.9. The highest BCUT2D eigenvalue weighted by molar-refractivity contribution is 7.90. The van der Waals surface area contributed by atoms with E-state index in [1.165, 1.54) is 25.3 Å². The van der Waals surface area contributed by atoms with Gasteiger partial charge < -0.3 is 15.2 Å². The van der Waals surface area contributed by atoms with Crippen molar-refractivity contribution < 1.29 is 36.6 Å². The van der Waals surface area contributed by atoms with Crippen LogP contribution in [0.3, 0.4) is 0 Å². The number of aliphatic hydroxyl groups is 1. The first-order valence-electron chi connectivity index (χ1n) is 7.63. The van der Waals surface area contributed by atoms with Crippen LogP contribution in [0.5, 0.6) is 5.75 Å². The van der Waals surface area contributed by atoms with E-state index in [1.807, 2.05) is 4.72 Å². The topological polar surface area (TPSA) is 122 Å². The number of amides is 2. The average Bonchev–Trinajstić information content (AvgIpc) is 3.01. The fourth-order valence-corrected chi connectivity index (χ4v) is 3.62. The van der Waals surface area contributed by atoms with E-state index in [0.717, 1.165) is 35.6 Å². The summed E-state index contributed by atoms with van der Waals surface area (Å²) < 4.78 is 54.9. The molecule has 0 fully saturated rings. The number of nitrogens with one attached hydrogen (secondary N) is 2. The molecule has 12 heteroatoms. The fraction of sp³-hybridized carbons (Fsp3) is 0.250. The van der Waals surface area contributed by atoms with Crippen molar-refractivity contribution in [2.45, 2.75) is 31.0 Å². The molecule has 0 radical (unpaired) electrons. The molecule has 0 bridgehead atoms. The highest BCUT2D eigenvalue weighted by Gasteiger charge is 2.27. The van der Waals surface area contributed by atoms with Gasteiger partial charge >= 0.3 is 6.61 Å². The van der Waals surface area contributed by atoms with Gasteiger partial charge in [0.1, 0.15) is 16.4 Å². The SMILES string of the molecule is CC(C)(O)C(=O)Nc1sccc1C(=O)NS(=O)(=O)c1ccc(OC(F)F)cc1. The maximum atomic E-state index is 12.3. The third-order valence-corrected chi connectivity index (χ3v) is 5.46. The summed E-state index contributed by atoms with van der Waals surface area (Å²) in [5.74, 6) is -2.03. The Morgan fingerprint density at radius 3 is 2.32 bits per heavy atom. The standard InChI is InChI=1S/C16H16F2N2O6S2/c1-16(2,23)14(22)19-13-11(7-8-27-13)12(21)20-28(24,25)10-5-3-9(4-6-10)26-15(17)18/h3-8,15,23H,1-2H3,(H,19,22)(H,20,21). The van der Waals surface area contributed by atoms with Crippen LogP contribution in [0.15, 0.2) is 40.6 Å². The molecule has 0 saturated heterocycles. The van der Waals surface area contributed by atoms with Gasteiger partial charge in [-0.2, -0.15) is 8.78 Å². The summed E-state index contributed by atoms with van der Waals surface area (Å²) in [4.78, 5) is 23.8. The molecule has 0 aliphatic rings. The summed E-state index contributed by atoms with van der Waals surface area (Å²) >= 11 is 0.965. The van der Waals surface area contributed by atoms with Crippen LogP contribution < -0.4 is 14.8 Å². The Labute approximate surface area is 163 Å². The van der Waals surface area contributed by atoms with E-state index >= 15 is 0 Å². The lowest BCUT2D eigenvalue weighted by Crippen LogP contribution is -2.37. The molecular formula is C16H16F2N2O6S2. The van der Waals surface area contributed by atoms with E-state index in [9.17, 15) is 31.9 Å². The third kappa shape index (κ3) is 5.47. The molecule has 0 saturated carbocycles. The molecule has 0 unspecified atom stereocenters. The number of benzene rings is 1. The molecule has 2 aromatic rings. The number of ether oxygens (including phenoxy) is 1. The number of rotatable bonds is 7. The summed E-state index contributed by atoms with van der Waals surface area (Å²) in [6.45, 7) is -0.554. The zero-order valence-corrected chi connectivity index (χ0v) is 16.2. The van der Waals surface area contributed by atoms with Crippen LogP contribution in [0.1, 0.15) is 24.2 Å². The van der Waals surface area contributed by atoms with Crippen molar-refractivity contribution in [3.05, 3.63) is 41.3 Å². The molecule has 8 nitrogen and oxygen atoms in total. The predicted octanol–water partition coefficient (Wildman–Crippen LogP) is 2.18. The van der Waals surface area contributed by atoms with Gasteiger partial charge in [-0.05, 0) is 49.6 Å². The van der Waals surface area contributed by atoms with Gasteiger partial charge in [0.25, 0.3) is 21.8 Å². The zero-order chi connectivity index (χ0) is 21.1.